The minimum absolute atomic E-state index is 0.0154. The highest BCUT2D eigenvalue weighted by Gasteiger charge is 1.96. The molecule has 17 heavy (non-hydrogen) atoms. The van der Waals surface area contributed by atoms with Crippen molar-refractivity contribution < 1.29 is 9.84 Å². The van der Waals surface area contributed by atoms with Crippen LogP contribution in [0.15, 0.2) is 54.6 Å². The summed E-state index contributed by atoms with van der Waals surface area (Å²) in [5.41, 5.74) is 1.33. The van der Waals surface area contributed by atoms with Gasteiger partial charge >= 0.3 is 0 Å². The lowest BCUT2D eigenvalue weighted by Gasteiger charge is -2.05. The molecule has 2 aromatic rings. The molecule has 0 saturated carbocycles. The second kappa shape index (κ2) is 5.94. The average molecular weight is 227 g/mol. The Labute approximate surface area is 101 Å². The fraction of sp³-hybridized carbons (Fsp3) is 0.200. The summed E-state index contributed by atoms with van der Waals surface area (Å²) in [5, 5.41) is 10.9. The standard InChI is InChI=1S/C15H15O2/c16-14-8-10-15(11-9-14)17-12-4-7-13-5-2-1-3-6-13/h1-3,5-6,8-11H,4,7,12H2. The Morgan fingerprint density at radius 2 is 1.59 bits per heavy atom. The van der Waals surface area contributed by atoms with E-state index in [0.717, 1.165) is 18.6 Å². The molecule has 0 aliphatic carbocycles. The molecule has 0 unspecified atom stereocenters. The van der Waals surface area contributed by atoms with Gasteiger partial charge in [-0.2, -0.15) is 0 Å². The van der Waals surface area contributed by atoms with E-state index in [-0.39, 0.29) is 5.75 Å². The van der Waals surface area contributed by atoms with Gasteiger partial charge < -0.3 is 4.74 Å². The molecule has 0 bridgehead atoms. The largest absolute Gasteiger partial charge is 0.494 e. The Hall–Kier alpha value is -1.96. The summed E-state index contributed by atoms with van der Waals surface area (Å²) in [6.07, 6.45) is 1.99. The smallest absolute Gasteiger partial charge is 0.178 e. The Kier molecular flexibility index (Phi) is 4.03. The maximum atomic E-state index is 10.9. The molecule has 0 spiro atoms. The quantitative estimate of drug-likeness (QED) is 0.713. The molecule has 0 aromatic heterocycles. The molecule has 0 N–H and O–H groups in total. The molecule has 0 aliphatic rings. The van der Waals surface area contributed by atoms with Crippen molar-refractivity contribution >= 4 is 0 Å². The van der Waals surface area contributed by atoms with Crippen LogP contribution in [0.25, 0.3) is 0 Å². The maximum absolute atomic E-state index is 10.9. The molecular weight excluding hydrogens is 212 g/mol. The summed E-state index contributed by atoms with van der Waals surface area (Å²) in [5.74, 6) is 0.777. The molecule has 1 radical (unpaired) electrons. The summed E-state index contributed by atoms with van der Waals surface area (Å²) in [7, 11) is 0. The van der Waals surface area contributed by atoms with E-state index in [4.69, 9.17) is 4.74 Å². The van der Waals surface area contributed by atoms with E-state index >= 15 is 0 Å². The summed E-state index contributed by atoms with van der Waals surface area (Å²) < 4.78 is 5.54. The van der Waals surface area contributed by atoms with Crippen molar-refractivity contribution in [2.24, 2.45) is 0 Å². The Balaban J connectivity index is 1.71. The van der Waals surface area contributed by atoms with Crippen LogP contribution >= 0.6 is 0 Å². The lowest BCUT2D eigenvalue weighted by molar-refractivity contribution is 0.309. The van der Waals surface area contributed by atoms with Crippen LogP contribution in [0.2, 0.25) is 0 Å². The molecule has 0 amide bonds. The first-order chi connectivity index (χ1) is 8.34. The number of rotatable bonds is 5. The van der Waals surface area contributed by atoms with Crippen LogP contribution in [-0.2, 0) is 11.5 Å². The van der Waals surface area contributed by atoms with Crippen LogP contribution in [0.1, 0.15) is 12.0 Å². The number of benzene rings is 2. The summed E-state index contributed by atoms with van der Waals surface area (Å²) in [6.45, 7) is 0.674. The molecule has 0 heterocycles. The molecule has 0 atom stereocenters. The van der Waals surface area contributed by atoms with Crippen molar-refractivity contribution in [3.8, 4) is 11.5 Å². The van der Waals surface area contributed by atoms with Crippen molar-refractivity contribution in [3.05, 3.63) is 60.2 Å². The molecule has 0 saturated heterocycles. The summed E-state index contributed by atoms with van der Waals surface area (Å²) in [4.78, 5) is 0. The van der Waals surface area contributed by atoms with Crippen LogP contribution in [0.5, 0.6) is 11.5 Å². The summed E-state index contributed by atoms with van der Waals surface area (Å²) in [6, 6.07) is 16.8. The van der Waals surface area contributed by atoms with Gasteiger partial charge in [0.15, 0.2) is 5.75 Å². The van der Waals surface area contributed by atoms with Gasteiger partial charge in [0.05, 0.1) is 6.61 Å². The van der Waals surface area contributed by atoms with Crippen LogP contribution in [0.3, 0.4) is 0 Å². The lowest BCUT2D eigenvalue weighted by Crippen LogP contribution is -1.99. The first-order valence-corrected chi connectivity index (χ1v) is 5.78. The molecule has 2 rings (SSSR count). The first kappa shape index (κ1) is 11.5. The first-order valence-electron chi connectivity index (χ1n) is 5.78. The SMILES string of the molecule is [O]c1ccc(OCCCc2ccccc2)cc1. The molecule has 2 nitrogen and oxygen atoms in total. The minimum atomic E-state index is 0.0154. The van der Waals surface area contributed by atoms with E-state index in [2.05, 4.69) is 12.1 Å². The van der Waals surface area contributed by atoms with Gasteiger partial charge in [-0.3, -0.25) is 5.11 Å². The van der Waals surface area contributed by atoms with E-state index in [1.807, 2.05) is 18.2 Å². The Morgan fingerprint density at radius 3 is 2.29 bits per heavy atom. The van der Waals surface area contributed by atoms with Crippen LogP contribution in [0.4, 0.5) is 0 Å². The van der Waals surface area contributed by atoms with Gasteiger partial charge in [0, 0.05) is 0 Å². The van der Waals surface area contributed by atoms with Crippen molar-refractivity contribution in [2.75, 3.05) is 6.61 Å². The highest BCUT2D eigenvalue weighted by Crippen LogP contribution is 2.16. The van der Waals surface area contributed by atoms with Crippen LogP contribution in [0, 0.1) is 0 Å². The molecule has 0 aliphatic heterocycles. The zero-order valence-corrected chi connectivity index (χ0v) is 9.63. The van der Waals surface area contributed by atoms with Crippen molar-refractivity contribution in [2.45, 2.75) is 12.8 Å². The van der Waals surface area contributed by atoms with Gasteiger partial charge in [0.2, 0.25) is 0 Å². The third-order valence-electron chi connectivity index (χ3n) is 2.55. The van der Waals surface area contributed by atoms with Gasteiger partial charge in [-0.25, -0.2) is 0 Å². The molecule has 87 valence electrons. The van der Waals surface area contributed by atoms with Gasteiger partial charge in [-0.05, 0) is 42.7 Å². The average Bonchev–Trinajstić information content (AvgIpc) is 2.38. The van der Waals surface area contributed by atoms with E-state index < -0.39 is 0 Å². The van der Waals surface area contributed by atoms with E-state index in [1.165, 1.54) is 17.7 Å². The van der Waals surface area contributed by atoms with Crippen molar-refractivity contribution in [1.29, 1.82) is 0 Å². The van der Waals surface area contributed by atoms with Crippen molar-refractivity contribution in [1.82, 2.24) is 0 Å². The molecule has 2 aromatic carbocycles. The van der Waals surface area contributed by atoms with Gasteiger partial charge in [-0.1, -0.05) is 30.3 Å². The molecular formula is C15H15O2. The highest BCUT2D eigenvalue weighted by molar-refractivity contribution is 5.29. The van der Waals surface area contributed by atoms with E-state index in [9.17, 15) is 5.11 Å². The van der Waals surface area contributed by atoms with Crippen LogP contribution in [-0.4, -0.2) is 6.61 Å². The van der Waals surface area contributed by atoms with Gasteiger partial charge in [0.25, 0.3) is 0 Å². The number of hydrogen-bond donors (Lipinski definition) is 0. The maximum Gasteiger partial charge on any atom is 0.178 e. The normalized spacial score (nSPS) is 10.1. The summed E-state index contributed by atoms with van der Waals surface area (Å²) >= 11 is 0. The van der Waals surface area contributed by atoms with Gasteiger partial charge in [0.1, 0.15) is 5.75 Å². The third-order valence-corrected chi connectivity index (χ3v) is 2.55. The number of hydrogen-bond acceptors (Lipinski definition) is 1. The fourth-order valence-electron chi connectivity index (χ4n) is 1.65. The van der Waals surface area contributed by atoms with Crippen molar-refractivity contribution in [3.63, 3.8) is 0 Å². The third kappa shape index (κ3) is 3.83. The van der Waals surface area contributed by atoms with Crippen LogP contribution < -0.4 is 4.74 Å². The topological polar surface area (TPSA) is 29.1 Å². The predicted molar refractivity (Wildman–Crippen MR) is 66.8 cm³/mol. The lowest BCUT2D eigenvalue weighted by atomic mass is 10.1. The monoisotopic (exact) mass is 227 g/mol. The zero-order valence-electron chi connectivity index (χ0n) is 9.63. The number of ether oxygens (including phenoxy) is 1. The zero-order chi connectivity index (χ0) is 11.9. The number of aryl methyl sites for hydroxylation is 1. The second-order valence-electron chi connectivity index (χ2n) is 3.91. The fourth-order valence-corrected chi connectivity index (χ4v) is 1.65. The second-order valence-corrected chi connectivity index (χ2v) is 3.91. The van der Waals surface area contributed by atoms with Gasteiger partial charge in [-0.15, -0.1) is 0 Å². The molecule has 2 heteroatoms. The predicted octanol–water partition coefficient (Wildman–Crippen LogP) is 3.84. The van der Waals surface area contributed by atoms with E-state index in [1.54, 1.807) is 12.1 Å². The Morgan fingerprint density at radius 1 is 0.882 bits per heavy atom. The van der Waals surface area contributed by atoms with E-state index in [0.29, 0.717) is 6.61 Å². The minimum Gasteiger partial charge on any atom is -0.494 e. The highest BCUT2D eigenvalue weighted by atomic mass is 16.5. The Bertz CT molecular complexity index is 434. The molecule has 0 fully saturated rings.